The van der Waals surface area contributed by atoms with Crippen molar-refractivity contribution < 1.29 is 4.74 Å². The van der Waals surface area contributed by atoms with Gasteiger partial charge in [0.05, 0.1) is 11.9 Å². The molecule has 84 valence electrons. The lowest BCUT2D eigenvalue weighted by atomic mass is 10.3. The van der Waals surface area contributed by atoms with Crippen LogP contribution in [-0.2, 0) is 0 Å². The summed E-state index contributed by atoms with van der Waals surface area (Å²) in [5.41, 5.74) is 6.52. The molecule has 0 unspecified atom stereocenters. The highest BCUT2D eigenvalue weighted by molar-refractivity contribution is 6.30. The normalized spacial score (nSPS) is 9.65. The summed E-state index contributed by atoms with van der Waals surface area (Å²) in [7, 11) is 0. The molecular weight excluding hydrogens is 238 g/mol. The van der Waals surface area contributed by atoms with Gasteiger partial charge in [-0.25, -0.2) is 4.98 Å². The first-order valence-electron chi connectivity index (χ1n) is 4.78. The van der Waals surface area contributed by atoms with Crippen molar-refractivity contribution in [3.63, 3.8) is 0 Å². The summed E-state index contributed by atoms with van der Waals surface area (Å²) in [4.78, 5) is 3.89. The number of nitrogens with two attached hydrogens (primary N) is 1. The molecule has 0 aliphatic rings. The monoisotopic (exact) mass is 245 g/mol. The zero-order valence-electron chi connectivity index (χ0n) is 8.72. The average Bonchev–Trinajstić information content (AvgIpc) is 2.34. The highest BCUT2D eigenvalue weighted by Gasteiger charge is 2.03. The lowest BCUT2D eigenvalue weighted by Gasteiger charge is -2.07. The summed E-state index contributed by atoms with van der Waals surface area (Å²) >= 11 is 5.78. The molecule has 2 aromatic rings. The number of halogens is 1. The molecular formula is C12H8ClN3O. The van der Waals surface area contributed by atoms with E-state index in [0.717, 1.165) is 0 Å². The molecule has 0 radical (unpaired) electrons. The number of hydrogen-bond acceptors (Lipinski definition) is 4. The first-order valence-corrected chi connectivity index (χ1v) is 5.16. The number of hydrogen-bond donors (Lipinski definition) is 1. The van der Waals surface area contributed by atoms with Crippen LogP contribution in [0.2, 0.25) is 5.02 Å². The van der Waals surface area contributed by atoms with Crippen LogP contribution in [0.4, 0.5) is 5.69 Å². The van der Waals surface area contributed by atoms with E-state index in [0.29, 0.717) is 27.9 Å². The van der Waals surface area contributed by atoms with Crippen molar-refractivity contribution in [2.45, 2.75) is 0 Å². The van der Waals surface area contributed by atoms with Crippen LogP contribution in [0.3, 0.4) is 0 Å². The Balaban J connectivity index is 2.23. The van der Waals surface area contributed by atoms with E-state index in [1.807, 2.05) is 6.07 Å². The van der Waals surface area contributed by atoms with Crippen LogP contribution in [0, 0.1) is 11.3 Å². The molecule has 0 saturated heterocycles. The SMILES string of the molecule is N#Cc1ccc(Oc2ccc(Cl)cc2N)cn1. The van der Waals surface area contributed by atoms with Gasteiger partial charge >= 0.3 is 0 Å². The third-order valence-corrected chi connectivity index (χ3v) is 2.29. The highest BCUT2D eigenvalue weighted by Crippen LogP contribution is 2.29. The molecule has 17 heavy (non-hydrogen) atoms. The number of nitrogen functional groups attached to an aromatic ring is 1. The number of anilines is 1. The Bertz CT molecular complexity index is 575. The minimum absolute atomic E-state index is 0.335. The molecule has 0 aliphatic carbocycles. The van der Waals surface area contributed by atoms with Gasteiger partial charge in [0.15, 0.2) is 0 Å². The molecule has 1 heterocycles. The van der Waals surface area contributed by atoms with E-state index in [4.69, 9.17) is 27.3 Å². The summed E-state index contributed by atoms with van der Waals surface area (Å²) in [5.74, 6) is 1.01. The molecule has 0 spiro atoms. The van der Waals surface area contributed by atoms with Crippen molar-refractivity contribution in [2.24, 2.45) is 0 Å². The van der Waals surface area contributed by atoms with Crippen LogP contribution < -0.4 is 10.5 Å². The molecule has 2 N–H and O–H groups in total. The third-order valence-electron chi connectivity index (χ3n) is 2.05. The predicted octanol–water partition coefficient (Wildman–Crippen LogP) is 2.98. The summed E-state index contributed by atoms with van der Waals surface area (Å²) in [6, 6.07) is 10.1. The topological polar surface area (TPSA) is 71.9 Å². The number of rotatable bonds is 2. The Hall–Kier alpha value is -2.25. The molecule has 2 rings (SSSR count). The fourth-order valence-electron chi connectivity index (χ4n) is 1.25. The summed E-state index contributed by atoms with van der Waals surface area (Å²) in [5, 5.41) is 9.15. The van der Waals surface area contributed by atoms with Crippen LogP contribution in [0.5, 0.6) is 11.5 Å². The van der Waals surface area contributed by atoms with E-state index in [1.54, 1.807) is 30.3 Å². The molecule has 0 atom stereocenters. The van der Waals surface area contributed by atoms with Gasteiger partial charge in [-0.3, -0.25) is 0 Å². The Morgan fingerprint density at radius 3 is 2.71 bits per heavy atom. The minimum Gasteiger partial charge on any atom is -0.454 e. The molecule has 0 saturated carbocycles. The molecule has 0 fully saturated rings. The van der Waals surface area contributed by atoms with Gasteiger partial charge in [-0.2, -0.15) is 5.26 Å². The summed E-state index contributed by atoms with van der Waals surface area (Å²) in [6.45, 7) is 0. The van der Waals surface area contributed by atoms with Gasteiger partial charge in [0, 0.05) is 5.02 Å². The van der Waals surface area contributed by atoms with Crippen molar-refractivity contribution in [1.82, 2.24) is 4.98 Å². The Morgan fingerprint density at radius 1 is 1.29 bits per heavy atom. The number of aromatic nitrogens is 1. The molecule has 5 heteroatoms. The standard InChI is InChI=1S/C12H8ClN3O/c13-8-1-4-12(11(15)5-8)17-10-3-2-9(6-14)16-7-10/h1-5,7H,15H2. The van der Waals surface area contributed by atoms with Crippen LogP contribution >= 0.6 is 11.6 Å². The second kappa shape index (κ2) is 4.73. The molecule has 4 nitrogen and oxygen atoms in total. The number of ether oxygens (including phenoxy) is 1. The Kier molecular flexibility index (Phi) is 3.12. The van der Waals surface area contributed by atoms with Gasteiger partial charge in [0.1, 0.15) is 23.3 Å². The Labute approximate surface area is 103 Å². The van der Waals surface area contributed by atoms with E-state index in [2.05, 4.69) is 4.98 Å². The van der Waals surface area contributed by atoms with Gasteiger partial charge in [-0.1, -0.05) is 11.6 Å². The average molecular weight is 246 g/mol. The lowest BCUT2D eigenvalue weighted by Crippen LogP contribution is -1.92. The number of nitriles is 1. The van der Waals surface area contributed by atoms with Crippen LogP contribution in [0.25, 0.3) is 0 Å². The first kappa shape index (κ1) is 11.2. The van der Waals surface area contributed by atoms with Gasteiger partial charge < -0.3 is 10.5 Å². The minimum atomic E-state index is 0.335. The molecule has 0 aliphatic heterocycles. The molecule has 1 aromatic carbocycles. The van der Waals surface area contributed by atoms with Gasteiger partial charge in [-0.05, 0) is 30.3 Å². The van der Waals surface area contributed by atoms with E-state index < -0.39 is 0 Å². The van der Waals surface area contributed by atoms with E-state index >= 15 is 0 Å². The number of nitrogens with zero attached hydrogens (tertiary/aromatic N) is 2. The van der Waals surface area contributed by atoms with E-state index in [1.165, 1.54) is 6.20 Å². The fourth-order valence-corrected chi connectivity index (χ4v) is 1.43. The van der Waals surface area contributed by atoms with Gasteiger partial charge in [0.2, 0.25) is 0 Å². The number of pyridine rings is 1. The first-order chi connectivity index (χ1) is 8.19. The van der Waals surface area contributed by atoms with Crippen LogP contribution in [0.15, 0.2) is 36.5 Å². The molecule has 1 aromatic heterocycles. The Morgan fingerprint density at radius 2 is 2.12 bits per heavy atom. The van der Waals surface area contributed by atoms with Crippen molar-refractivity contribution in [3.05, 3.63) is 47.2 Å². The summed E-state index contributed by atoms with van der Waals surface area (Å²) < 4.78 is 5.51. The van der Waals surface area contributed by atoms with Crippen LogP contribution in [-0.4, -0.2) is 4.98 Å². The van der Waals surface area contributed by atoms with Crippen molar-refractivity contribution >= 4 is 17.3 Å². The second-order valence-corrected chi connectivity index (χ2v) is 3.71. The molecule has 0 amide bonds. The highest BCUT2D eigenvalue weighted by atomic mass is 35.5. The zero-order valence-corrected chi connectivity index (χ0v) is 9.48. The quantitative estimate of drug-likeness (QED) is 0.826. The van der Waals surface area contributed by atoms with Crippen LogP contribution in [0.1, 0.15) is 5.69 Å². The fraction of sp³-hybridized carbons (Fsp3) is 0. The smallest absolute Gasteiger partial charge is 0.150 e. The third kappa shape index (κ3) is 2.65. The number of benzene rings is 1. The van der Waals surface area contributed by atoms with E-state index in [-0.39, 0.29) is 0 Å². The lowest BCUT2D eigenvalue weighted by molar-refractivity contribution is 0.482. The molecule has 0 bridgehead atoms. The summed E-state index contributed by atoms with van der Waals surface area (Å²) in [6.07, 6.45) is 1.46. The zero-order chi connectivity index (χ0) is 12.3. The maximum atomic E-state index is 8.60. The maximum Gasteiger partial charge on any atom is 0.150 e. The predicted molar refractivity (Wildman–Crippen MR) is 64.9 cm³/mol. The van der Waals surface area contributed by atoms with Crippen molar-refractivity contribution in [1.29, 1.82) is 5.26 Å². The van der Waals surface area contributed by atoms with Crippen molar-refractivity contribution in [3.8, 4) is 17.6 Å². The van der Waals surface area contributed by atoms with Gasteiger partial charge in [0.25, 0.3) is 0 Å². The maximum absolute atomic E-state index is 8.60. The van der Waals surface area contributed by atoms with E-state index in [9.17, 15) is 0 Å². The largest absolute Gasteiger partial charge is 0.454 e. The van der Waals surface area contributed by atoms with Crippen molar-refractivity contribution in [2.75, 3.05) is 5.73 Å². The van der Waals surface area contributed by atoms with Gasteiger partial charge in [-0.15, -0.1) is 0 Å². The second-order valence-electron chi connectivity index (χ2n) is 3.28.